The van der Waals surface area contributed by atoms with Crippen molar-refractivity contribution in [1.29, 1.82) is 0 Å². The van der Waals surface area contributed by atoms with Crippen LogP contribution in [0.3, 0.4) is 0 Å². The Bertz CT molecular complexity index is 365. The number of carbonyl (C=O) groups excluding carboxylic acids is 1. The molecule has 4 nitrogen and oxygen atoms in total. The summed E-state index contributed by atoms with van der Waals surface area (Å²) in [7, 11) is 0. The van der Waals surface area contributed by atoms with Gasteiger partial charge in [0.2, 0.25) is 0 Å². The molecule has 1 amide bonds. The van der Waals surface area contributed by atoms with Crippen LogP contribution in [0.25, 0.3) is 0 Å². The first-order valence-corrected chi connectivity index (χ1v) is 4.55. The van der Waals surface area contributed by atoms with Crippen molar-refractivity contribution in [3.05, 3.63) is 17.5 Å². The van der Waals surface area contributed by atoms with Gasteiger partial charge in [-0.15, -0.1) is 0 Å². The zero-order chi connectivity index (χ0) is 9.05. The van der Waals surface area contributed by atoms with E-state index in [1.54, 1.807) is 6.20 Å². The van der Waals surface area contributed by atoms with Crippen molar-refractivity contribution >= 4 is 5.91 Å². The molecule has 13 heavy (non-hydrogen) atoms. The number of nitrogens with one attached hydrogen (secondary N) is 1. The highest BCUT2D eigenvalue weighted by atomic mass is 16.1. The van der Waals surface area contributed by atoms with Gasteiger partial charge in [-0.3, -0.25) is 9.89 Å². The van der Waals surface area contributed by atoms with Gasteiger partial charge in [-0.2, -0.15) is 5.10 Å². The Hall–Kier alpha value is -1.32. The SMILES string of the molecule is NC(=O)c1[nH]ncc1C12CC(C1)C2. The number of hydrogen-bond acceptors (Lipinski definition) is 2. The molecule has 0 spiro atoms. The number of nitrogens with zero attached hydrogens (tertiary/aromatic N) is 1. The molecule has 4 heteroatoms. The standard InChI is InChI=1S/C9H11N3O/c10-8(13)7-6(4-11-12-7)9-1-5(2-9)3-9/h4-5H,1-3H2,(H2,10,13)(H,11,12). The monoisotopic (exact) mass is 177 g/mol. The molecular formula is C9H11N3O. The van der Waals surface area contributed by atoms with Gasteiger partial charge in [0.05, 0.1) is 6.20 Å². The van der Waals surface area contributed by atoms with Crippen LogP contribution in [-0.2, 0) is 5.41 Å². The van der Waals surface area contributed by atoms with E-state index < -0.39 is 5.91 Å². The zero-order valence-electron chi connectivity index (χ0n) is 7.21. The number of H-pyrrole nitrogens is 1. The Morgan fingerprint density at radius 3 is 2.77 bits per heavy atom. The van der Waals surface area contributed by atoms with Crippen LogP contribution in [0.2, 0.25) is 0 Å². The molecule has 0 aliphatic heterocycles. The predicted molar refractivity (Wildman–Crippen MR) is 46.1 cm³/mol. The summed E-state index contributed by atoms with van der Waals surface area (Å²) in [6.07, 6.45) is 5.40. The molecule has 1 aromatic heterocycles. The Morgan fingerprint density at radius 1 is 1.62 bits per heavy atom. The molecule has 1 aromatic rings. The van der Waals surface area contributed by atoms with Crippen LogP contribution in [0.4, 0.5) is 0 Å². The Kier molecular flexibility index (Phi) is 1.07. The van der Waals surface area contributed by atoms with E-state index in [1.165, 1.54) is 19.3 Å². The molecule has 68 valence electrons. The third kappa shape index (κ3) is 0.709. The third-order valence-electron chi connectivity index (χ3n) is 3.50. The van der Waals surface area contributed by atoms with Crippen molar-refractivity contribution in [2.45, 2.75) is 24.7 Å². The van der Waals surface area contributed by atoms with E-state index >= 15 is 0 Å². The van der Waals surface area contributed by atoms with Gasteiger partial charge >= 0.3 is 0 Å². The van der Waals surface area contributed by atoms with Crippen molar-refractivity contribution < 1.29 is 4.79 Å². The molecule has 3 fully saturated rings. The van der Waals surface area contributed by atoms with Crippen molar-refractivity contribution in [2.24, 2.45) is 11.7 Å². The maximum atomic E-state index is 11.0. The number of carbonyl (C=O) groups is 1. The summed E-state index contributed by atoms with van der Waals surface area (Å²) in [5.41, 5.74) is 7.06. The molecule has 2 bridgehead atoms. The first-order chi connectivity index (χ1) is 6.21. The Labute approximate surface area is 75.5 Å². The second-order valence-corrected chi connectivity index (χ2v) is 4.28. The molecule has 0 atom stereocenters. The van der Waals surface area contributed by atoms with E-state index in [0.29, 0.717) is 5.69 Å². The van der Waals surface area contributed by atoms with E-state index in [-0.39, 0.29) is 5.41 Å². The third-order valence-corrected chi connectivity index (χ3v) is 3.50. The molecule has 1 heterocycles. The van der Waals surface area contributed by atoms with Crippen molar-refractivity contribution in [1.82, 2.24) is 10.2 Å². The number of nitrogens with two attached hydrogens (primary N) is 1. The summed E-state index contributed by atoms with van der Waals surface area (Å²) in [5.74, 6) is 0.507. The summed E-state index contributed by atoms with van der Waals surface area (Å²) in [4.78, 5) is 11.0. The quantitative estimate of drug-likeness (QED) is 0.692. The topological polar surface area (TPSA) is 71.8 Å². The fourth-order valence-corrected chi connectivity index (χ4v) is 2.68. The van der Waals surface area contributed by atoms with E-state index in [1.807, 2.05) is 0 Å². The van der Waals surface area contributed by atoms with Crippen LogP contribution in [0, 0.1) is 5.92 Å². The van der Waals surface area contributed by atoms with Crippen LogP contribution < -0.4 is 5.73 Å². The van der Waals surface area contributed by atoms with Gasteiger partial charge in [0, 0.05) is 11.0 Å². The lowest BCUT2D eigenvalue weighted by molar-refractivity contribution is -0.0278. The molecule has 4 rings (SSSR count). The first-order valence-electron chi connectivity index (χ1n) is 4.55. The second kappa shape index (κ2) is 1.95. The van der Waals surface area contributed by atoms with E-state index in [2.05, 4.69) is 10.2 Å². The number of aromatic nitrogens is 2. The van der Waals surface area contributed by atoms with Crippen LogP contribution in [-0.4, -0.2) is 16.1 Å². The summed E-state index contributed by atoms with van der Waals surface area (Å²) in [6, 6.07) is 0. The molecule has 0 unspecified atom stereocenters. The zero-order valence-corrected chi connectivity index (χ0v) is 7.21. The Balaban J connectivity index is 2.04. The number of hydrogen-bond donors (Lipinski definition) is 2. The predicted octanol–water partition coefficient (Wildman–Crippen LogP) is 0.560. The molecule has 0 radical (unpaired) electrons. The number of rotatable bonds is 2. The van der Waals surface area contributed by atoms with Crippen molar-refractivity contribution in [3.8, 4) is 0 Å². The van der Waals surface area contributed by atoms with Gasteiger partial charge in [-0.1, -0.05) is 0 Å². The second-order valence-electron chi connectivity index (χ2n) is 4.28. The summed E-state index contributed by atoms with van der Waals surface area (Å²) < 4.78 is 0. The van der Waals surface area contributed by atoms with E-state index in [0.717, 1.165) is 11.5 Å². The minimum atomic E-state index is -0.391. The lowest BCUT2D eigenvalue weighted by Gasteiger charge is -2.61. The molecule has 3 saturated carbocycles. The molecular weight excluding hydrogens is 166 g/mol. The molecule has 0 saturated heterocycles. The Morgan fingerprint density at radius 2 is 2.31 bits per heavy atom. The van der Waals surface area contributed by atoms with Gasteiger partial charge in [-0.05, 0) is 25.2 Å². The van der Waals surface area contributed by atoms with Gasteiger partial charge in [-0.25, -0.2) is 0 Å². The maximum absolute atomic E-state index is 11.0. The highest BCUT2D eigenvalue weighted by Crippen LogP contribution is 2.65. The summed E-state index contributed by atoms with van der Waals surface area (Å²) in [6.45, 7) is 0. The first kappa shape index (κ1) is 7.12. The van der Waals surface area contributed by atoms with Crippen molar-refractivity contribution in [2.75, 3.05) is 0 Å². The maximum Gasteiger partial charge on any atom is 0.267 e. The van der Waals surface area contributed by atoms with E-state index in [4.69, 9.17) is 5.73 Å². The average Bonchev–Trinajstić information content (AvgIpc) is 2.28. The van der Waals surface area contributed by atoms with Gasteiger partial charge in [0.1, 0.15) is 5.69 Å². The van der Waals surface area contributed by atoms with Gasteiger partial charge in [0.25, 0.3) is 5.91 Å². The van der Waals surface area contributed by atoms with Crippen LogP contribution in [0.5, 0.6) is 0 Å². The molecule has 3 N–H and O–H groups in total. The van der Waals surface area contributed by atoms with Gasteiger partial charge in [0.15, 0.2) is 0 Å². The largest absolute Gasteiger partial charge is 0.364 e. The van der Waals surface area contributed by atoms with Crippen LogP contribution >= 0.6 is 0 Å². The van der Waals surface area contributed by atoms with Crippen LogP contribution in [0.1, 0.15) is 35.3 Å². The molecule has 0 aromatic carbocycles. The summed E-state index contributed by atoms with van der Waals surface area (Å²) >= 11 is 0. The normalized spacial score (nSPS) is 34.9. The minimum Gasteiger partial charge on any atom is -0.364 e. The van der Waals surface area contributed by atoms with E-state index in [9.17, 15) is 4.79 Å². The highest BCUT2D eigenvalue weighted by molar-refractivity contribution is 5.92. The summed E-state index contributed by atoms with van der Waals surface area (Å²) in [5, 5.41) is 6.57. The molecule has 3 aliphatic rings. The van der Waals surface area contributed by atoms with Gasteiger partial charge < -0.3 is 5.73 Å². The lowest BCUT2D eigenvalue weighted by atomic mass is 9.42. The number of primary amides is 1. The van der Waals surface area contributed by atoms with Crippen LogP contribution in [0.15, 0.2) is 6.20 Å². The number of aromatic amines is 1. The number of amides is 1. The lowest BCUT2D eigenvalue weighted by Crippen LogP contribution is -2.55. The smallest absolute Gasteiger partial charge is 0.267 e. The average molecular weight is 177 g/mol. The molecule has 3 aliphatic carbocycles. The van der Waals surface area contributed by atoms with Crippen molar-refractivity contribution in [3.63, 3.8) is 0 Å². The minimum absolute atomic E-state index is 0.266. The highest BCUT2D eigenvalue weighted by Gasteiger charge is 2.58. The fraction of sp³-hybridized carbons (Fsp3) is 0.556. The fourth-order valence-electron chi connectivity index (χ4n) is 2.68.